The number of nitrogens with one attached hydrogen (secondary N) is 1. The molecule has 0 aliphatic carbocycles. The molecule has 0 bridgehead atoms. The number of hydrogen-bond donors (Lipinski definition) is 2. The molecule has 0 radical (unpaired) electrons. The maximum absolute atomic E-state index is 9.31. The van der Waals surface area contributed by atoms with E-state index in [1.54, 1.807) is 7.11 Å². The number of aliphatic hydroxyl groups is 1. The average Bonchev–Trinajstić information content (AvgIpc) is 2.99. The van der Waals surface area contributed by atoms with Gasteiger partial charge in [0.05, 0.1) is 13.7 Å². The second-order valence-electron chi connectivity index (χ2n) is 5.46. The molecular formula is C16H26N2O2. The molecule has 0 amide bonds. The number of aliphatic hydroxyl groups excluding tert-OH is 1. The minimum Gasteiger partial charge on any atom is -0.497 e. The number of nitrogens with zero attached hydrogens (tertiary/aromatic N) is 1. The molecule has 1 aliphatic heterocycles. The highest BCUT2D eigenvalue weighted by molar-refractivity contribution is 5.28. The van der Waals surface area contributed by atoms with Gasteiger partial charge in [0.15, 0.2) is 0 Å². The molecule has 1 heterocycles. The molecule has 0 aromatic heterocycles. The van der Waals surface area contributed by atoms with E-state index in [1.165, 1.54) is 18.4 Å². The summed E-state index contributed by atoms with van der Waals surface area (Å²) in [6.45, 7) is 5.23. The molecule has 112 valence electrons. The summed E-state index contributed by atoms with van der Waals surface area (Å²) in [5.74, 6) is 0.882. The molecule has 0 saturated carbocycles. The summed E-state index contributed by atoms with van der Waals surface area (Å²) in [6.07, 6.45) is 2.49. The number of ether oxygens (including phenoxy) is 1. The van der Waals surface area contributed by atoms with E-state index in [2.05, 4.69) is 29.3 Å². The van der Waals surface area contributed by atoms with Crippen LogP contribution in [0.15, 0.2) is 24.3 Å². The Morgan fingerprint density at radius 1 is 1.40 bits per heavy atom. The zero-order valence-corrected chi connectivity index (χ0v) is 12.5. The van der Waals surface area contributed by atoms with Gasteiger partial charge >= 0.3 is 0 Å². The molecule has 2 N–H and O–H groups in total. The molecular weight excluding hydrogens is 252 g/mol. The summed E-state index contributed by atoms with van der Waals surface area (Å²) in [7, 11) is 1.68. The lowest BCUT2D eigenvalue weighted by Gasteiger charge is -2.31. The zero-order chi connectivity index (χ0) is 14.4. The van der Waals surface area contributed by atoms with Crippen molar-refractivity contribution in [3.8, 4) is 5.75 Å². The van der Waals surface area contributed by atoms with Crippen molar-refractivity contribution < 1.29 is 9.84 Å². The molecule has 1 aliphatic rings. The third-order valence-electron chi connectivity index (χ3n) is 4.15. The van der Waals surface area contributed by atoms with Gasteiger partial charge in [-0.05, 0) is 44.0 Å². The van der Waals surface area contributed by atoms with Gasteiger partial charge in [-0.2, -0.15) is 0 Å². The maximum Gasteiger partial charge on any atom is 0.118 e. The van der Waals surface area contributed by atoms with Crippen molar-refractivity contribution in [2.24, 2.45) is 0 Å². The summed E-state index contributed by atoms with van der Waals surface area (Å²) in [5.41, 5.74) is 1.26. The Bertz CT molecular complexity index is 388. The zero-order valence-electron chi connectivity index (χ0n) is 12.5. The van der Waals surface area contributed by atoms with Crippen molar-refractivity contribution in [1.82, 2.24) is 10.2 Å². The highest BCUT2D eigenvalue weighted by Crippen LogP contribution is 2.23. The predicted octanol–water partition coefficient (Wildman–Crippen LogP) is 1.80. The van der Waals surface area contributed by atoms with Gasteiger partial charge in [0.2, 0.25) is 0 Å². The van der Waals surface area contributed by atoms with Crippen LogP contribution in [0, 0.1) is 0 Å². The quantitative estimate of drug-likeness (QED) is 0.798. The minimum absolute atomic E-state index is 0.202. The van der Waals surface area contributed by atoms with Crippen molar-refractivity contribution in [3.05, 3.63) is 29.8 Å². The van der Waals surface area contributed by atoms with Crippen molar-refractivity contribution in [3.63, 3.8) is 0 Å². The van der Waals surface area contributed by atoms with Crippen molar-refractivity contribution in [2.75, 3.05) is 33.4 Å². The van der Waals surface area contributed by atoms with Crippen LogP contribution in [0.5, 0.6) is 5.75 Å². The minimum atomic E-state index is 0.202. The first-order valence-corrected chi connectivity index (χ1v) is 7.47. The standard InChI is InChI=1S/C16H26N2O2/c1-13(14-5-7-16(20-2)8-6-14)18(10-11-19)12-15-4-3-9-17-15/h5-8,13,15,17,19H,3-4,9-12H2,1-2H3. The predicted molar refractivity (Wildman–Crippen MR) is 81.1 cm³/mol. The smallest absolute Gasteiger partial charge is 0.118 e. The second kappa shape index (κ2) is 7.62. The summed E-state index contributed by atoms with van der Waals surface area (Å²) in [6, 6.07) is 9.07. The number of methoxy groups -OCH3 is 1. The van der Waals surface area contributed by atoms with E-state index < -0.39 is 0 Å². The van der Waals surface area contributed by atoms with Crippen LogP contribution in [0.4, 0.5) is 0 Å². The van der Waals surface area contributed by atoms with Gasteiger partial charge < -0.3 is 15.2 Å². The monoisotopic (exact) mass is 278 g/mol. The molecule has 20 heavy (non-hydrogen) atoms. The lowest BCUT2D eigenvalue weighted by Crippen LogP contribution is -2.40. The number of benzene rings is 1. The highest BCUT2D eigenvalue weighted by atomic mass is 16.5. The molecule has 2 rings (SSSR count). The first-order valence-electron chi connectivity index (χ1n) is 7.47. The first kappa shape index (κ1) is 15.3. The Kier molecular flexibility index (Phi) is 5.83. The van der Waals surface area contributed by atoms with E-state index in [9.17, 15) is 5.11 Å². The third kappa shape index (κ3) is 3.95. The van der Waals surface area contributed by atoms with Crippen LogP contribution in [0.1, 0.15) is 31.4 Å². The van der Waals surface area contributed by atoms with Gasteiger partial charge in [-0.25, -0.2) is 0 Å². The molecule has 1 aromatic rings. The fourth-order valence-corrected chi connectivity index (χ4v) is 2.86. The van der Waals surface area contributed by atoms with Crippen LogP contribution in [-0.4, -0.2) is 49.4 Å². The molecule has 4 heteroatoms. The van der Waals surface area contributed by atoms with E-state index >= 15 is 0 Å². The summed E-state index contributed by atoms with van der Waals surface area (Å²) in [5, 5.41) is 12.8. The summed E-state index contributed by atoms with van der Waals surface area (Å²) < 4.78 is 5.20. The maximum atomic E-state index is 9.31. The fraction of sp³-hybridized carbons (Fsp3) is 0.625. The lowest BCUT2D eigenvalue weighted by atomic mass is 10.1. The number of hydrogen-bond acceptors (Lipinski definition) is 4. The van der Waals surface area contributed by atoms with Gasteiger partial charge in [-0.1, -0.05) is 12.1 Å². The fourth-order valence-electron chi connectivity index (χ4n) is 2.86. The third-order valence-corrected chi connectivity index (χ3v) is 4.15. The largest absolute Gasteiger partial charge is 0.497 e. The Morgan fingerprint density at radius 3 is 2.70 bits per heavy atom. The average molecular weight is 278 g/mol. The van der Waals surface area contributed by atoms with Crippen LogP contribution in [0.2, 0.25) is 0 Å². The van der Waals surface area contributed by atoms with E-state index in [0.717, 1.165) is 18.8 Å². The Labute approximate surface area is 121 Å². The molecule has 2 unspecified atom stereocenters. The van der Waals surface area contributed by atoms with E-state index in [4.69, 9.17) is 4.74 Å². The topological polar surface area (TPSA) is 44.7 Å². The van der Waals surface area contributed by atoms with E-state index in [-0.39, 0.29) is 6.61 Å². The summed E-state index contributed by atoms with van der Waals surface area (Å²) in [4.78, 5) is 2.35. The molecule has 1 saturated heterocycles. The molecule has 1 fully saturated rings. The lowest BCUT2D eigenvalue weighted by molar-refractivity contribution is 0.147. The Balaban J connectivity index is 2.01. The Hall–Kier alpha value is -1.10. The number of rotatable bonds is 7. The van der Waals surface area contributed by atoms with Gasteiger partial charge in [0.1, 0.15) is 5.75 Å². The van der Waals surface area contributed by atoms with Gasteiger partial charge in [-0.15, -0.1) is 0 Å². The summed E-state index contributed by atoms with van der Waals surface area (Å²) >= 11 is 0. The van der Waals surface area contributed by atoms with Crippen molar-refractivity contribution >= 4 is 0 Å². The van der Waals surface area contributed by atoms with Crippen LogP contribution in [-0.2, 0) is 0 Å². The van der Waals surface area contributed by atoms with Gasteiger partial charge in [0, 0.05) is 25.2 Å². The molecule has 1 aromatic carbocycles. The molecule has 2 atom stereocenters. The van der Waals surface area contributed by atoms with Crippen LogP contribution in [0.25, 0.3) is 0 Å². The van der Waals surface area contributed by atoms with Crippen LogP contribution >= 0.6 is 0 Å². The van der Waals surface area contributed by atoms with Crippen LogP contribution < -0.4 is 10.1 Å². The Morgan fingerprint density at radius 2 is 2.15 bits per heavy atom. The van der Waals surface area contributed by atoms with Crippen molar-refractivity contribution in [1.29, 1.82) is 0 Å². The van der Waals surface area contributed by atoms with E-state index in [0.29, 0.717) is 18.6 Å². The molecule has 0 spiro atoms. The second-order valence-corrected chi connectivity index (χ2v) is 5.46. The van der Waals surface area contributed by atoms with E-state index in [1.807, 2.05) is 12.1 Å². The molecule has 4 nitrogen and oxygen atoms in total. The van der Waals surface area contributed by atoms with Gasteiger partial charge in [0.25, 0.3) is 0 Å². The highest BCUT2D eigenvalue weighted by Gasteiger charge is 2.21. The van der Waals surface area contributed by atoms with Gasteiger partial charge in [-0.3, -0.25) is 4.90 Å². The van der Waals surface area contributed by atoms with Crippen molar-refractivity contribution in [2.45, 2.75) is 31.8 Å². The normalized spacial score (nSPS) is 20.3. The SMILES string of the molecule is COc1ccc(C(C)N(CCO)CC2CCCN2)cc1. The first-order chi connectivity index (χ1) is 9.74. The van der Waals surface area contributed by atoms with Crippen LogP contribution in [0.3, 0.4) is 0 Å².